The topological polar surface area (TPSA) is 152 Å². The van der Waals surface area contributed by atoms with E-state index < -0.39 is 44.8 Å². The zero-order valence-corrected chi connectivity index (χ0v) is 19.7. The van der Waals surface area contributed by atoms with E-state index in [0.29, 0.717) is 5.82 Å². The number of benzene rings is 1. The molecular formula is C21H23F3N6O4S. The van der Waals surface area contributed by atoms with Crippen LogP contribution in [0.5, 0.6) is 5.75 Å². The van der Waals surface area contributed by atoms with E-state index in [9.17, 15) is 31.5 Å². The maximum absolute atomic E-state index is 12.5. The third kappa shape index (κ3) is 6.20. The second kappa shape index (κ2) is 9.09. The minimum atomic E-state index is -4.96. The fourth-order valence-corrected chi connectivity index (χ4v) is 4.21. The molecule has 35 heavy (non-hydrogen) atoms. The van der Waals surface area contributed by atoms with Crippen molar-refractivity contribution in [1.29, 1.82) is 0 Å². The molecule has 14 heteroatoms. The van der Waals surface area contributed by atoms with Gasteiger partial charge in [0.25, 0.3) is 5.91 Å². The summed E-state index contributed by atoms with van der Waals surface area (Å²) < 4.78 is 64.3. The van der Waals surface area contributed by atoms with E-state index in [4.69, 9.17) is 5.73 Å². The van der Waals surface area contributed by atoms with Gasteiger partial charge in [-0.3, -0.25) is 9.52 Å². The van der Waals surface area contributed by atoms with Crippen LogP contribution in [-0.2, 0) is 15.6 Å². The Hall–Kier alpha value is -3.81. The second-order valence-electron chi connectivity index (χ2n) is 8.57. The van der Waals surface area contributed by atoms with Gasteiger partial charge in [-0.05, 0) is 45.0 Å². The maximum atomic E-state index is 12.5. The predicted octanol–water partition coefficient (Wildman–Crippen LogP) is 3.55. The Morgan fingerprint density at radius 3 is 2.37 bits per heavy atom. The summed E-state index contributed by atoms with van der Waals surface area (Å²) in [5, 5.41) is 17.8. The van der Waals surface area contributed by atoms with Crippen molar-refractivity contribution >= 4 is 33.3 Å². The highest BCUT2D eigenvalue weighted by molar-refractivity contribution is 7.92. The molecule has 0 unspecified atom stereocenters. The number of nitrogens with zero attached hydrogens (tertiary/aromatic N) is 3. The number of anilines is 3. The number of sulfonamides is 1. The van der Waals surface area contributed by atoms with Crippen LogP contribution < -0.4 is 15.8 Å². The third-order valence-corrected chi connectivity index (χ3v) is 5.81. The summed E-state index contributed by atoms with van der Waals surface area (Å²) in [5.41, 5.74) is 4.74. The minimum Gasteiger partial charge on any atom is -0.506 e. The number of alkyl halides is 3. The molecule has 5 N–H and O–H groups in total. The van der Waals surface area contributed by atoms with E-state index in [1.807, 2.05) is 20.8 Å². The van der Waals surface area contributed by atoms with Gasteiger partial charge >= 0.3 is 6.18 Å². The van der Waals surface area contributed by atoms with Crippen LogP contribution in [0.15, 0.2) is 42.6 Å². The summed E-state index contributed by atoms with van der Waals surface area (Å²) in [4.78, 5) is 16.6. The number of carbonyl (C=O) groups is 1. The van der Waals surface area contributed by atoms with Gasteiger partial charge in [0, 0.05) is 11.8 Å². The Kier molecular flexibility index (Phi) is 6.70. The van der Waals surface area contributed by atoms with E-state index in [0.717, 1.165) is 12.1 Å². The molecule has 0 atom stereocenters. The monoisotopic (exact) mass is 512 g/mol. The zero-order chi connectivity index (χ0) is 26.2. The molecule has 0 saturated carbocycles. The molecule has 1 aromatic carbocycles. The zero-order valence-electron chi connectivity index (χ0n) is 18.9. The Bertz CT molecular complexity index is 1350. The number of rotatable bonds is 7. The first-order valence-corrected chi connectivity index (χ1v) is 11.7. The van der Waals surface area contributed by atoms with E-state index in [1.165, 1.54) is 10.7 Å². The van der Waals surface area contributed by atoms with Crippen molar-refractivity contribution in [3.63, 3.8) is 0 Å². The summed E-state index contributed by atoms with van der Waals surface area (Å²) >= 11 is 0. The summed E-state index contributed by atoms with van der Waals surface area (Å²) in [6, 6.07) is 8.52. The van der Waals surface area contributed by atoms with E-state index in [2.05, 4.69) is 15.4 Å². The van der Waals surface area contributed by atoms with E-state index in [1.54, 1.807) is 29.1 Å². The number of hydrogen-bond donors (Lipinski definition) is 4. The molecule has 3 rings (SSSR count). The quantitative estimate of drug-likeness (QED) is 0.353. The largest absolute Gasteiger partial charge is 0.506 e. The smallest absolute Gasteiger partial charge is 0.404 e. The lowest BCUT2D eigenvalue weighted by Crippen LogP contribution is -2.27. The van der Waals surface area contributed by atoms with Gasteiger partial charge in [0.05, 0.1) is 11.2 Å². The number of hydrogen-bond acceptors (Lipinski definition) is 7. The molecule has 0 saturated heterocycles. The fraction of sp³-hybridized carbons (Fsp3) is 0.286. The maximum Gasteiger partial charge on any atom is 0.404 e. The number of phenols is 1. The van der Waals surface area contributed by atoms with Gasteiger partial charge in [-0.2, -0.15) is 18.3 Å². The SMILES string of the molecule is CC(C)(C)n1nc(-c2ccc(NS(=O)(=O)CC(F)(F)F)c(O)c2)c(C(N)=O)c1Nc1ccccn1. The molecule has 188 valence electrons. The number of aromatic hydroxyl groups is 1. The minimum absolute atomic E-state index is 0.0321. The molecule has 0 radical (unpaired) electrons. The summed E-state index contributed by atoms with van der Waals surface area (Å²) in [6.45, 7) is 5.48. The molecule has 0 bridgehead atoms. The van der Waals surface area contributed by atoms with Gasteiger partial charge in [-0.25, -0.2) is 18.1 Å². The second-order valence-corrected chi connectivity index (χ2v) is 10.3. The lowest BCUT2D eigenvalue weighted by atomic mass is 10.1. The number of primary amides is 1. The van der Waals surface area contributed by atoms with Crippen molar-refractivity contribution in [3.8, 4) is 17.0 Å². The summed E-state index contributed by atoms with van der Waals surface area (Å²) in [6.07, 6.45) is -3.42. The molecule has 0 aliphatic rings. The highest BCUT2D eigenvalue weighted by Crippen LogP contribution is 2.37. The van der Waals surface area contributed by atoms with E-state index >= 15 is 0 Å². The van der Waals surface area contributed by atoms with Crippen LogP contribution in [0, 0.1) is 0 Å². The average Bonchev–Trinajstić information content (AvgIpc) is 3.08. The van der Waals surface area contributed by atoms with Gasteiger partial charge in [-0.1, -0.05) is 12.1 Å². The van der Waals surface area contributed by atoms with Crippen LogP contribution in [0.2, 0.25) is 0 Å². The summed E-state index contributed by atoms with van der Waals surface area (Å²) in [5.74, 6) is -3.00. The van der Waals surface area contributed by atoms with Crippen molar-refractivity contribution in [3.05, 3.63) is 48.2 Å². The number of carbonyl (C=O) groups excluding carboxylic acids is 1. The average molecular weight is 513 g/mol. The Balaban J connectivity index is 2.09. The Morgan fingerprint density at radius 2 is 1.86 bits per heavy atom. The molecule has 0 aliphatic carbocycles. The van der Waals surface area contributed by atoms with Crippen molar-refractivity contribution in [1.82, 2.24) is 14.8 Å². The number of amides is 1. The normalized spacial score (nSPS) is 12.4. The molecule has 2 aromatic heterocycles. The lowest BCUT2D eigenvalue weighted by Gasteiger charge is -2.23. The molecule has 2 heterocycles. The van der Waals surface area contributed by atoms with Crippen molar-refractivity contribution in [2.45, 2.75) is 32.5 Å². The first-order valence-electron chi connectivity index (χ1n) is 10.1. The van der Waals surface area contributed by atoms with Crippen LogP contribution >= 0.6 is 0 Å². The standard InChI is InChI=1S/C21H23F3N6O4S/c1-20(2,3)30-19(27-15-6-4-5-9-26-15)16(18(25)32)17(28-30)12-7-8-13(14(31)10-12)29-35(33,34)11-21(22,23)24/h4-10,29,31H,11H2,1-3H3,(H2,25,32)(H,26,27). The number of pyridine rings is 1. The molecule has 0 fully saturated rings. The van der Waals surface area contributed by atoms with Crippen molar-refractivity contribution in [2.75, 3.05) is 15.8 Å². The molecule has 10 nitrogen and oxygen atoms in total. The predicted molar refractivity (Wildman–Crippen MR) is 124 cm³/mol. The van der Waals surface area contributed by atoms with Crippen LogP contribution in [0.4, 0.5) is 30.5 Å². The van der Waals surface area contributed by atoms with Crippen LogP contribution in [0.3, 0.4) is 0 Å². The third-order valence-electron chi connectivity index (χ3n) is 4.57. The molecule has 3 aromatic rings. The van der Waals surface area contributed by atoms with Crippen LogP contribution in [-0.4, -0.2) is 46.1 Å². The first kappa shape index (κ1) is 25.8. The molecule has 0 spiro atoms. The number of nitrogens with two attached hydrogens (primary N) is 1. The van der Waals surface area contributed by atoms with Gasteiger partial charge < -0.3 is 16.2 Å². The van der Waals surface area contributed by atoms with Crippen LogP contribution in [0.1, 0.15) is 31.1 Å². The first-order chi connectivity index (χ1) is 16.1. The highest BCUT2D eigenvalue weighted by atomic mass is 32.2. The highest BCUT2D eigenvalue weighted by Gasteiger charge is 2.35. The number of aromatic nitrogens is 3. The Morgan fingerprint density at radius 1 is 1.17 bits per heavy atom. The van der Waals surface area contributed by atoms with E-state index in [-0.39, 0.29) is 22.6 Å². The molecule has 1 amide bonds. The van der Waals surface area contributed by atoms with Gasteiger partial charge in [-0.15, -0.1) is 0 Å². The van der Waals surface area contributed by atoms with Crippen molar-refractivity contribution in [2.24, 2.45) is 5.73 Å². The number of nitrogens with one attached hydrogen (secondary N) is 2. The van der Waals surface area contributed by atoms with Crippen LogP contribution in [0.25, 0.3) is 11.3 Å². The molecular weight excluding hydrogens is 489 g/mol. The Labute approximate surface area is 199 Å². The van der Waals surface area contributed by atoms with Gasteiger partial charge in [0.15, 0.2) is 5.75 Å². The van der Waals surface area contributed by atoms with Crippen molar-refractivity contribution < 1.29 is 31.5 Å². The fourth-order valence-electron chi connectivity index (χ4n) is 3.20. The summed E-state index contributed by atoms with van der Waals surface area (Å²) in [7, 11) is -4.82. The molecule has 0 aliphatic heterocycles. The number of phenolic OH excluding ortho intramolecular Hbond substituents is 1. The van der Waals surface area contributed by atoms with Gasteiger partial charge in [0.2, 0.25) is 10.0 Å². The number of halogens is 3. The lowest BCUT2D eigenvalue weighted by molar-refractivity contribution is -0.106. The van der Waals surface area contributed by atoms with Gasteiger partial charge in [0.1, 0.15) is 28.6 Å².